The molecule has 1 radical (unpaired) electrons. The van der Waals surface area contributed by atoms with E-state index in [4.69, 9.17) is 0 Å². The van der Waals surface area contributed by atoms with Gasteiger partial charge in [-0.3, -0.25) is 0 Å². The van der Waals surface area contributed by atoms with E-state index in [-0.39, 0.29) is 10.8 Å². The van der Waals surface area contributed by atoms with Gasteiger partial charge in [0, 0.05) is 5.92 Å². The first-order valence-electron chi connectivity index (χ1n) is 9.84. The normalized spacial score (nSPS) is 20.8. The summed E-state index contributed by atoms with van der Waals surface area (Å²) in [6, 6.07) is 18.3. The van der Waals surface area contributed by atoms with Gasteiger partial charge in [0.2, 0.25) is 0 Å². The Balaban J connectivity index is 2.01. The Labute approximate surface area is 158 Å². The average Bonchev–Trinajstić information content (AvgIpc) is 3.14. The lowest BCUT2D eigenvalue weighted by molar-refractivity contribution is 0.443. The fourth-order valence-electron chi connectivity index (χ4n) is 4.90. The van der Waals surface area contributed by atoms with Crippen LogP contribution in [0.25, 0.3) is 0 Å². The molecule has 2 aromatic carbocycles. The lowest BCUT2D eigenvalue weighted by Gasteiger charge is -2.50. The molecular formula is C26H29. The predicted octanol–water partition coefficient (Wildman–Crippen LogP) is 6.72. The Morgan fingerprint density at radius 2 is 1.31 bits per heavy atom. The van der Waals surface area contributed by atoms with Crippen molar-refractivity contribution in [2.45, 2.75) is 53.4 Å². The van der Waals surface area contributed by atoms with Gasteiger partial charge in [-0.2, -0.15) is 0 Å². The van der Waals surface area contributed by atoms with Crippen molar-refractivity contribution in [2.75, 3.05) is 0 Å². The molecule has 0 heterocycles. The smallest absolute Gasteiger partial charge is 0.0645 e. The zero-order chi connectivity index (χ0) is 18.7. The highest BCUT2D eigenvalue weighted by Crippen LogP contribution is 2.68. The molecule has 0 saturated carbocycles. The largest absolute Gasteiger partial charge is 0.0679 e. The molecular weight excluding hydrogens is 312 g/mol. The maximum atomic E-state index is 3.89. The van der Waals surface area contributed by atoms with Crippen molar-refractivity contribution in [3.05, 3.63) is 93.6 Å². The van der Waals surface area contributed by atoms with Gasteiger partial charge in [-0.15, -0.1) is 0 Å². The van der Waals surface area contributed by atoms with E-state index in [1.165, 1.54) is 27.8 Å². The van der Waals surface area contributed by atoms with Crippen molar-refractivity contribution < 1.29 is 0 Å². The molecule has 0 fully saturated rings. The van der Waals surface area contributed by atoms with Gasteiger partial charge in [-0.25, -0.2) is 0 Å². The summed E-state index contributed by atoms with van der Waals surface area (Å²) in [5, 5.41) is 0. The highest BCUT2D eigenvalue weighted by Gasteiger charge is 2.59. The quantitative estimate of drug-likeness (QED) is 0.581. The van der Waals surface area contributed by atoms with Crippen LogP contribution in [0.5, 0.6) is 0 Å². The molecule has 133 valence electrons. The topological polar surface area (TPSA) is 0 Å². The number of fused-ring (bicyclic) bond motifs is 1. The number of allylic oxidation sites excluding steroid dienone is 4. The van der Waals surface area contributed by atoms with Crippen LogP contribution in [-0.4, -0.2) is 0 Å². The lowest BCUT2D eigenvalue weighted by atomic mass is 9.51. The maximum absolute atomic E-state index is 3.89. The molecule has 0 nitrogen and oxygen atoms in total. The van der Waals surface area contributed by atoms with Crippen LogP contribution in [0.1, 0.15) is 56.4 Å². The van der Waals surface area contributed by atoms with Gasteiger partial charge in [-0.1, -0.05) is 87.4 Å². The molecule has 0 amide bonds. The molecule has 5 rings (SSSR count). The molecule has 2 bridgehead atoms. The summed E-state index contributed by atoms with van der Waals surface area (Å²) < 4.78 is 0. The molecule has 0 spiro atoms. The summed E-state index contributed by atoms with van der Waals surface area (Å²) in [5.74, 6) is 0.446. The van der Waals surface area contributed by atoms with Crippen molar-refractivity contribution in [1.82, 2.24) is 0 Å². The minimum absolute atomic E-state index is 0.0926. The van der Waals surface area contributed by atoms with Crippen LogP contribution >= 0.6 is 0 Å². The molecule has 0 N–H and O–H groups in total. The first-order valence-corrected chi connectivity index (χ1v) is 9.84. The standard InChI is InChI=1S/C26H29/c1-7-19-16-22-24(25(4,5)6)23(19)26(22,20-12-8-17(2)9-13-20)21-14-10-18(3)11-15-21/h8-15,19H,7H2,1-6H3. The summed E-state index contributed by atoms with van der Waals surface area (Å²) in [6.45, 7) is 13.7. The average molecular weight is 342 g/mol. The molecule has 0 saturated heterocycles. The first-order chi connectivity index (χ1) is 12.3. The van der Waals surface area contributed by atoms with E-state index in [1.54, 1.807) is 11.1 Å². The van der Waals surface area contributed by atoms with Gasteiger partial charge < -0.3 is 0 Å². The molecule has 26 heavy (non-hydrogen) atoms. The van der Waals surface area contributed by atoms with Crippen LogP contribution in [0.15, 0.2) is 65.3 Å². The molecule has 0 heteroatoms. The number of aryl methyl sites for hydroxylation is 2. The molecule has 3 aliphatic carbocycles. The Hall–Kier alpha value is -2.08. The van der Waals surface area contributed by atoms with Crippen molar-refractivity contribution in [3.8, 4) is 0 Å². The van der Waals surface area contributed by atoms with Gasteiger partial charge in [0.15, 0.2) is 0 Å². The number of benzene rings is 2. The Bertz CT molecular complexity index is 851. The Morgan fingerprint density at radius 3 is 1.65 bits per heavy atom. The fraction of sp³-hybridized carbons (Fsp3) is 0.385. The molecule has 1 atom stereocenters. The van der Waals surface area contributed by atoms with Crippen LogP contribution < -0.4 is 0 Å². The second kappa shape index (κ2) is 5.71. The summed E-state index contributed by atoms with van der Waals surface area (Å²) >= 11 is 0. The predicted molar refractivity (Wildman–Crippen MR) is 110 cm³/mol. The van der Waals surface area contributed by atoms with Gasteiger partial charge in [0.25, 0.3) is 0 Å². The molecule has 1 unspecified atom stereocenters. The van der Waals surface area contributed by atoms with E-state index < -0.39 is 0 Å². The van der Waals surface area contributed by atoms with Gasteiger partial charge in [0.05, 0.1) is 5.41 Å². The Morgan fingerprint density at radius 1 is 0.846 bits per heavy atom. The zero-order valence-electron chi connectivity index (χ0n) is 16.9. The Kier molecular flexibility index (Phi) is 3.81. The highest BCUT2D eigenvalue weighted by molar-refractivity contribution is 5.77. The minimum atomic E-state index is -0.0926. The summed E-state index contributed by atoms with van der Waals surface area (Å²) in [5.41, 5.74) is 10.1. The van der Waals surface area contributed by atoms with Crippen LogP contribution in [0.2, 0.25) is 0 Å². The van der Waals surface area contributed by atoms with Crippen LogP contribution in [0, 0.1) is 31.3 Å². The second-order valence-electron chi connectivity index (χ2n) is 9.00. The lowest BCUT2D eigenvalue weighted by Crippen LogP contribution is -2.43. The van der Waals surface area contributed by atoms with E-state index >= 15 is 0 Å². The van der Waals surface area contributed by atoms with Gasteiger partial charge in [0.1, 0.15) is 0 Å². The zero-order valence-corrected chi connectivity index (χ0v) is 16.9. The molecule has 0 aliphatic heterocycles. The van der Waals surface area contributed by atoms with Crippen LogP contribution in [0.4, 0.5) is 0 Å². The van der Waals surface area contributed by atoms with Crippen molar-refractivity contribution in [3.63, 3.8) is 0 Å². The molecule has 0 aromatic heterocycles. The van der Waals surface area contributed by atoms with Gasteiger partial charge >= 0.3 is 0 Å². The van der Waals surface area contributed by atoms with E-state index in [1.807, 2.05) is 0 Å². The highest BCUT2D eigenvalue weighted by atomic mass is 14.6. The summed E-state index contributed by atoms with van der Waals surface area (Å²) in [6.07, 6.45) is 5.02. The summed E-state index contributed by atoms with van der Waals surface area (Å²) in [7, 11) is 0. The third kappa shape index (κ3) is 2.21. The van der Waals surface area contributed by atoms with Crippen LogP contribution in [-0.2, 0) is 5.41 Å². The number of hydrogen-bond donors (Lipinski definition) is 0. The van der Waals surface area contributed by atoms with Crippen molar-refractivity contribution in [1.29, 1.82) is 0 Å². The van der Waals surface area contributed by atoms with E-state index in [9.17, 15) is 0 Å². The van der Waals surface area contributed by atoms with E-state index in [0.29, 0.717) is 5.92 Å². The minimum Gasteiger partial charge on any atom is -0.0645 e. The van der Waals surface area contributed by atoms with Crippen LogP contribution in [0.3, 0.4) is 0 Å². The van der Waals surface area contributed by atoms with Crippen molar-refractivity contribution >= 4 is 0 Å². The second-order valence-corrected chi connectivity index (χ2v) is 9.00. The molecule has 3 aliphatic rings. The monoisotopic (exact) mass is 341 g/mol. The third-order valence-electron chi connectivity index (χ3n) is 6.09. The SMILES string of the molecule is CCC1[C]=C2C(C(C)(C)C)=C1C2(c1ccc(C)cc1)c1ccc(C)cc1. The fourth-order valence-corrected chi connectivity index (χ4v) is 4.90. The van der Waals surface area contributed by atoms with E-state index in [2.05, 4.69) is 96.1 Å². The molecule has 2 aromatic rings. The number of rotatable bonds is 3. The van der Waals surface area contributed by atoms with Gasteiger partial charge in [-0.05, 0) is 59.6 Å². The first kappa shape index (κ1) is 17.3. The van der Waals surface area contributed by atoms with E-state index in [0.717, 1.165) is 6.42 Å². The van der Waals surface area contributed by atoms with Crippen molar-refractivity contribution in [2.24, 2.45) is 11.3 Å². The maximum Gasteiger partial charge on any atom is 0.0679 e. The number of hydrogen-bond acceptors (Lipinski definition) is 0. The third-order valence-corrected chi connectivity index (χ3v) is 6.09. The summed E-state index contributed by atoms with van der Waals surface area (Å²) in [4.78, 5) is 0.